The van der Waals surface area contributed by atoms with E-state index in [1.807, 2.05) is 0 Å². The van der Waals surface area contributed by atoms with Crippen LogP contribution in [0.2, 0.25) is 5.02 Å². The minimum atomic E-state index is -0.287. The number of hydrogen-bond donors (Lipinski definition) is 1. The molecule has 12 heavy (non-hydrogen) atoms. The summed E-state index contributed by atoms with van der Waals surface area (Å²) in [6.07, 6.45) is 2.96. The van der Waals surface area contributed by atoms with Crippen molar-refractivity contribution in [1.29, 1.82) is 0 Å². The number of nitrogen functional groups attached to an aromatic ring is 1. The molecule has 0 bridgehead atoms. The molecule has 0 radical (unpaired) electrons. The van der Waals surface area contributed by atoms with Crippen LogP contribution in [0, 0.1) is 0 Å². The maximum Gasteiger partial charge on any atom is 0.164 e. The number of alkyl halides is 1. The van der Waals surface area contributed by atoms with Crippen molar-refractivity contribution in [2.45, 2.75) is 19.4 Å². The summed E-state index contributed by atoms with van der Waals surface area (Å²) in [7, 11) is 0. The molecule has 0 saturated heterocycles. The van der Waals surface area contributed by atoms with Crippen LogP contribution in [0.1, 0.15) is 12.8 Å². The van der Waals surface area contributed by atoms with Crippen LogP contribution < -0.4 is 5.73 Å². The fourth-order valence-electron chi connectivity index (χ4n) is 0.895. The van der Waals surface area contributed by atoms with Gasteiger partial charge in [0.2, 0.25) is 0 Å². The van der Waals surface area contributed by atoms with Crippen LogP contribution in [0.3, 0.4) is 0 Å². The zero-order chi connectivity index (χ0) is 8.97. The van der Waals surface area contributed by atoms with Crippen molar-refractivity contribution < 1.29 is 4.39 Å². The number of halogens is 2. The van der Waals surface area contributed by atoms with E-state index in [4.69, 9.17) is 17.3 Å². The number of aromatic nitrogens is 2. The minimum Gasteiger partial charge on any atom is -0.381 e. The average Bonchev–Trinajstić information content (AvgIpc) is 2.32. The number of anilines is 1. The molecule has 68 valence electrons. The van der Waals surface area contributed by atoms with Gasteiger partial charge in [0, 0.05) is 12.7 Å². The smallest absolute Gasteiger partial charge is 0.164 e. The molecule has 0 spiro atoms. The molecule has 0 aromatic carbocycles. The molecule has 5 heteroatoms. The maximum absolute atomic E-state index is 11.7. The van der Waals surface area contributed by atoms with E-state index in [9.17, 15) is 4.39 Å². The molecular formula is C7H11ClFN3. The van der Waals surface area contributed by atoms with Crippen LogP contribution in [-0.2, 0) is 6.54 Å². The van der Waals surface area contributed by atoms with Gasteiger partial charge >= 0.3 is 0 Å². The van der Waals surface area contributed by atoms with E-state index in [0.717, 1.165) is 6.42 Å². The van der Waals surface area contributed by atoms with Gasteiger partial charge in [0.05, 0.1) is 6.67 Å². The van der Waals surface area contributed by atoms with Gasteiger partial charge in [-0.05, 0) is 12.8 Å². The van der Waals surface area contributed by atoms with Crippen molar-refractivity contribution >= 4 is 17.4 Å². The molecule has 0 amide bonds. The Morgan fingerprint density at radius 3 is 2.83 bits per heavy atom. The third-order valence-corrected chi connectivity index (χ3v) is 1.81. The van der Waals surface area contributed by atoms with Gasteiger partial charge in [0.15, 0.2) is 5.82 Å². The third kappa shape index (κ3) is 2.37. The molecule has 0 atom stereocenters. The monoisotopic (exact) mass is 191 g/mol. The Hall–Kier alpha value is -0.770. The Bertz CT molecular complexity index is 229. The highest BCUT2D eigenvalue weighted by atomic mass is 35.5. The highest BCUT2D eigenvalue weighted by Gasteiger charge is 2.01. The van der Waals surface area contributed by atoms with Crippen LogP contribution in [0.4, 0.5) is 10.2 Å². The largest absolute Gasteiger partial charge is 0.381 e. The Balaban J connectivity index is 2.42. The van der Waals surface area contributed by atoms with Crippen LogP contribution in [-0.4, -0.2) is 16.5 Å². The highest BCUT2D eigenvalue weighted by molar-refractivity contribution is 6.32. The number of unbranched alkanes of at least 4 members (excludes halogenated alkanes) is 1. The van der Waals surface area contributed by atoms with Gasteiger partial charge in [-0.25, -0.2) is 0 Å². The number of rotatable bonds is 4. The first-order valence-corrected chi connectivity index (χ1v) is 4.16. The lowest BCUT2D eigenvalue weighted by atomic mass is 10.3. The summed E-state index contributed by atoms with van der Waals surface area (Å²) in [6.45, 7) is 0.380. The first-order chi connectivity index (χ1) is 5.74. The minimum absolute atomic E-state index is 0.287. The molecule has 2 N–H and O–H groups in total. The predicted octanol–water partition coefficient (Wildman–Crippen LogP) is 1.87. The molecule has 0 saturated carbocycles. The number of nitrogens with two attached hydrogens (primary N) is 1. The molecular weight excluding hydrogens is 181 g/mol. The Kier molecular flexibility index (Phi) is 3.34. The average molecular weight is 192 g/mol. The van der Waals surface area contributed by atoms with E-state index in [1.54, 1.807) is 10.9 Å². The maximum atomic E-state index is 11.7. The van der Waals surface area contributed by atoms with Gasteiger partial charge in [-0.2, -0.15) is 5.10 Å². The molecule has 0 aliphatic carbocycles. The van der Waals surface area contributed by atoms with E-state index in [1.165, 1.54) is 0 Å². The Morgan fingerprint density at radius 1 is 1.58 bits per heavy atom. The summed E-state index contributed by atoms with van der Waals surface area (Å²) in [4.78, 5) is 0. The van der Waals surface area contributed by atoms with Crippen LogP contribution in [0.25, 0.3) is 0 Å². The molecule has 1 aromatic heterocycles. The predicted molar refractivity (Wildman–Crippen MR) is 46.9 cm³/mol. The van der Waals surface area contributed by atoms with E-state index >= 15 is 0 Å². The van der Waals surface area contributed by atoms with Crippen molar-refractivity contribution in [3.05, 3.63) is 11.2 Å². The van der Waals surface area contributed by atoms with E-state index in [-0.39, 0.29) is 6.67 Å². The SMILES string of the molecule is Nc1nn(CCCCF)cc1Cl. The van der Waals surface area contributed by atoms with Gasteiger partial charge < -0.3 is 5.73 Å². The van der Waals surface area contributed by atoms with Gasteiger partial charge in [-0.3, -0.25) is 9.07 Å². The zero-order valence-corrected chi connectivity index (χ0v) is 7.39. The molecule has 0 aliphatic rings. The second-order valence-electron chi connectivity index (χ2n) is 2.52. The quantitative estimate of drug-likeness (QED) is 0.739. The topological polar surface area (TPSA) is 43.8 Å². The second-order valence-corrected chi connectivity index (χ2v) is 2.93. The van der Waals surface area contributed by atoms with E-state index in [2.05, 4.69) is 5.10 Å². The molecule has 1 heterocycles. The summed E-state index contributed by atoms with van der Waals surface area (Å²) in [5.41, 5.74) is 5.41. The second kappa shape index (κ2) is 4.30. The molecule has 3 nitrogen and oxygen atoms in total. The molecule has 1 aromatic rings. The number of nitrogens with zero attached hydrogens (tertiary/aromatic N) is 2. The Labute approximate surface area is 75.3 Å². The van der Waals surface area contributed by atoms with Crippen LogP contribution in [0.5, 0.6) is 0 Å². The lowest BCUT2D eigenvalue weighted by molar-refractivity contribution is 0.440. The van der Waals surface area contributed by atoms with E-state index < -0.39 is 0 Å². The van der Waals surface area contributed by atoms with Gasteiger partial charge in [0.1, 0.15) is 5.02 Å². The first kappa shape index (κ1) is 9.32. The number of aryl methyl sites for hydroxylation is 1. The van der Waals surface area contributed by atoms with Crippen molar-refractivity contribution in [3.63, 3.8) is 0 Å². The fraction of sp³-hybridized carbons (Fsp3) is 0.571. The standard InChI is InChI=1S/C7H11ClFN3/c8-6-5-12(11-7(6)10)4-2-1-3-9/h5H,1-4H2,(H2,10,11). The van der Waals surface area contributed by atoms with Gasteiger partial charge in [-0.15, -0.1) is 0 Å². The summed E-state index contributed by atoms with van der Waals surface area (Å²) in [5, 5.41) is 4.38. The first-order valence-electron chi connectivity index (χ1n) is 3.78. The van der Waals surface area contributed by atoms with Crippen LogP contribution >= 0.6 is 11.6 Å². The zero-order valence-electron chi connectivity index (χ0n) is 6.63. The summed E-state index contributed by atoms with van der Waals surface area (Å²) in [5.74, 6) is 0.330. The van der Waals surface area contributed by atoms with Gasteiger partial charge in [-0.1, -0.05) is 11.6 Å². The summed E-state index contributed by atoms with van der Waals surface area (Å²) >= 11 is 5.66. The molecule has 0 aliphatic heterocycles. The van der Waals surface area contributed by atoms with Crippen LogP contribution in [0.15, 0.2) is 6.20 Å². The van der Waals surface area contributed by atoms with Crippen molar-refractivity contribution in [1.82, 2.24) is 9.78 Å². The van der Waals surface area contributed by atoms with E-state index in [0.29, 0.717) is 23.8 Å². The fourth-order valence-corrected chi connectivity index (χ4v) is 1.05. The highest BCUT2D eigenvalue weighted by Crippen LogP contribution is 2.15. The lowest BCUT2D eigenvalue weighted by Crippen LogP contribution is -1.99. The third-order valence-electron chi connectivity index (χ3n) is 1.51. The molecule has 0 unspecified atom stereocenters. The summed E-state index contributed by atoms with van der Waals surface area (Å²) < 4.78 is 13.3. The molecule has 1 rings (SSSR count). The summed E-state index contributed by atoms with van der Waals surface area (Å²) in [6, 6.07) is 0. The normalized spacial score (nSPS) is 10.5. The Morgan fingerprint density at radius 2 is 2.33 bits per heavy atom. The van der Waals surface area contributed by atoms with Gasteiger partial charge in [0.25, 0.3) is 0 Å². The van der Waals surface area contributed by atoms with Crippen molar-refractivity contribution in [3.8, 4) is 0 Å². The molecule has 0 fully saturated rings. The van der Waals surface area contributed by atoms with Crippen molar-refractivity contribution in [2.75, 3.05) is 12.4 Å². The van der Waals surface area contributed by atoms with Crippen molar-refractivity contribution in [2.24, 2.45) is 0 Å². The number of hydrogen-bond acceptors (Lipinski definition) is 2. The lowest BCUT2D eigenvalue weighted by Gasteiger charge is -1.97.